The number of hydrogen-bond donors (Lipinski definition) is 6. The quantitative estimate of drug-likeness (QED) is 0.0457. The summed E-state index contributed by atoms with van der Waals surface area (Å²) in [6.07, 6.45) is -3.57. The van der Waals surface area contributed by atoms with Crippen LogP contribution < -0.4 is 5.32 Å². The number of carbonyl (C=O) groups excluding carboxylic acids is 3. The molecule has 9 rings (SSSR count). The van der Waals surface area contributed by atoms with E-state index in [-0.39, 0.29) is 57.0 Å². The third-order valence-electron chi connectivity index (χ3n) is 20.3. The lowest BCUT2D eigenvalue weighted by molar-refractivity contribution is -0.584. The summed E-state index contributed by atoms with van der Waals surface area (Å²) >= 11 is 0. The molecule has 1 spiro atoms. The van der Waals surface area contributed by atoms with Crippen LogP contribution in [0.15, 0.2) is 58.4 Å². The molecule has 2 bridgehead atoms. The molecule has 5 heterocycles. The first-order chi connectivity index (χ1) is 39.6. The Morgan fingerprint density at radius 1 is 0.762 bits per heavy atom. The van der Waals surface area contributed by atoms with Crippen LogP contribution in [0.4, 0.5) is 4.79 Å². The van der Waals surface area contributed by atoms with Gasteiger partial charge in [0, 0.05) is 67.8 Å². The van der Waals surface area contributed by atoms with Crippen LogP contribution in [0.25, 0.3) is 0 Å². The fourth-order valence-electron chi connectivity index (χ4n) is 15.8. The van der Waals surface area contributed by atoms with E-state index in [4.69, 9.17) is 52.1 Å². The number of alkyl carbamates (subject to hydrolysis) is 1. The molecule has 0 radical (unpaired) electrons. The first kappa shape index (κ1) is 64.3. The van der Waals surface area contributed by atoms with Gasteiger partial charge >= 0.3 is 12.1 Å². The van der Waals surface area contributed by atoms with Crippen molar-refractivity contribution in [2.24, 2.45) is 46.8 Å². The minimum absolute atomic E-state index is 0.00457. The minimum Gasteiger partial charge on any atom is -0.511 e. The summed E-state index contributed by atoms with van der Waals surface area (Å²) in [5.74, 6) is -5.10. The van der Waals surface area contributed by atoms with Crippen molar-refractivity contribution in [1.82, 2.24) is 5.32 Å². The van der Waals surface area contributed by atoms with Crippen molar-refractivity contribution in [2.45, 2.75) is 237 Å². The molecule has 27 atom stereocenters. The van der Waals surface area contributed by atoms with Crippen LogP contribution in [0.5, 0.6) is 0 Å². The van der Waals surface area contributed by atoms with Crippen molar-refractivity contribution in [3.8, 4) is 0 Å². The molecule has 1 amide bonds. The molecule has 6 fully saturated rings. The number of fused-ring (bicyclic) bond motifs is 4. The first-order valence-electron chi connectivity index (χ1n) is 30.0. The maximum atomic E-state index is 15.6. The summed E-state index contributed by atoms with van der Waals surface area (Å²) < 4.78 is 68.0. The van der Waals surface area contributed by atoms with Crippen LogP contribution in [0, 0.1) is 57.0 Å². The summed E-state index contributed by atoms with van der Waals surface area (Å²) in [6.45, 7) is 19.6. The molecule has 1 saturated carbocycles. The second-order valence-electron chi connectivity index (χ2n) is 25.9. The van der Waals surface area contributed by atoms with E-state index in [0.29, 0.717) is 17.6 Å². The molecule has 6 N–H and O–H groups in total. The predicted octanol–water partition coefficient (Wildman–Crippen LogP) is 5.57. The molecule has 23 heteroatoms. The van der Waals surface area contributed by atoms with Gasteiger partial charge < -0.3 is 83.0 Å². The Balaban J connectivity index is 1.01. The van der Waals surface area contributed by atoms with Crippen LogP contribution >= 0.6 is 0 Å². The number of rotatable bonds is 12. The molecule has 2 unspecified atom stereocenters. The molecular weight excluding hydrogens is 1100 g/mol. The summed E-state index contributed by atoms with van der Waals surface area (Å²) in [5, 5.41) is 72.9. The topological polar surface area (TPSA) is 309 Å². The van der Waals surface area contributed by atoms with Crippen molar-refractivity contribution in [3.05, 3.63) is 68.5 Å². The highest BCUT2D eigenvalue weighted by molar-refractivity contribution is 6.26. The maximum absolute atomic E-state index is 15.6. The van der Waals surface area contributed by atoms with Gasteiger partial charge in [-0.15, -0.1) is 0 Å². The third kappa shape index (κ3) is 11.8. The molecule has 5 aliphatic heterocycles. The van der Waals surface area contributed by atoms with Gasteiger partial charge in [0.15, 0.2) is 30.8 Å². The molecule has 5 saturated heterocycles. The van der Waals surface area contributed by atoms with E-state index in [1.807, 2.05) is 32.9 Å². The number of nitrogens with zero attached hydrogens (tertiary/aromatic N) is 1. The Hall–Kier alpha value is -4.21. The Labute approximate surface area is 491 Å². The van der Waals surface area contributed by atoms with Gasteiger partial charge in [0.1, 0.15) is 35.7 Å². The summed E-state index contributed by atoms with van der Waals surface area (Å²) in [6, 6.07) is -1.08. The van der Waals surface area contributed by atoms with Crippen LogP contribution in [0.2, 0.25) is 0 Å². The lowest BCUT2D eigenvalue weighted by atomic mass is 9.49. The van der Waals surface area contributed by atoms with Crippen molar-refractivity contribution in [1.29, 1.82) is 0 Å². The molecule has 470 valence electrons. The second-order valence-corrected chi connectivity index (χ2v) is 25.9. The zero-order valence-electron chi connectivity index (χ0n) is 50.6. The van der Waals surface area contributed by atoms with Gasteiger partial charge in [-0.05, 0) is 89.2 Å². The molecule has 84 heavy (non-hydrogen) atoms. The van der Waals surface area contributed by atoms with Gasteiger partial charge in [-0.25, -0.2) is 9.59 Å². The Morgan fingerprint density at radius 2 is 1.38 bits per heavy atom. The van der Waals surface area contributed by atoms with Crippen LogP contribution in [-0.4, -0.2) is 185 Å². The first-order valence-corrected chi connectivity index (χ1v) is 30.0. The lowest BCUT2D eigenvalue weighted by Gasteiger charge is -2.56. The lowest BCUT2D eigenvalue weighted by Crippen LogP contribution is -2.65. The van der Waals surface area contributed by atoms with Crippen molar-refractivity contribution in [3.63, 3.8) is 0 Å². The smallest absolute Gasteiger partial charge is 0.407 e. The molecule has 0 aromatic rings. The fraction of sp³-hybridized carbons (Fsp3) is 0.787. The van der Waals surface area contributed by atoms with Crippen molar-refractivity contribution in [2.75, 3.05) is 20.8 Å². The van der Waals surface area contributed by atoms with Crippen molar-refractivity contribution < 1.29 is 96.9 Å². The number of aliphatic hydroxyl groups is 5. The number of Topliss-reactive ketones (excluding diaryl/α,β-unsaturated/α-hetero) is 1. The number of carbonyl (C=O) groups is 3. The highest BCUT2D eigenvalue weighted by Crippen LogP contribution is 2.61. The Bertz CT molecular complexity index is 2600. The number of ketones is 1. The highest BCUT2D eigenvalue weighted by atomic mass is 16.7. The number of esters is 1. The monoisotopic (exact) mass is 1190 g/mol. The summed E-state index contributed by atoms with van der Waals surface area (Å²) in [5.41, 5.74) is -3.37. The van der Waals surface area contributed by atoms with Gasteiger partial charge in [-0.3, -0.25) is 14.9 Å². The Morgan fingerprint density at radius 3 is 2.01 bits per heavy atom. The zero-order chi connectivity index (χ0) is 61.2. The normalized spacial score (nSPS) is 49.3. The molecule has 0 aromatic heterocycles. The molecule has 4 aliphatic carbocycles. The largest absolute Gasteiger partial charge is 0.511 e. The average Bonchev–Trinajstić information content (AvgIpc) is 2.80. The van der Waals surface area contributed by atoms with E-state index in [0.717, 1.165) is 5.57 Å². The van der Waals surface area contributed by atoms with E-state index in [1.54, 1.807) is 46.8 Å². The zero-order valence-corrected chi connectivity index (χ0v) is 50.6. The second kappa shape index (κ2) is 25.1. The van der Waals surface area contributed by atoms with Gasteiger partial charge in [-0.1, -0.05) is 63.6 Å². The number of methoxy groups -OCH3 is 2. The Kier molecular flexibility index (Phi) is 19.2. The summed E-state index contributed by atoms with van der Waals surface area (Å²) in [7, 11) is 2.67. The van der Waals surface area contributed by atoms with E-state index in [1.165, 1.54) is 21.1 Å². The summed E-state index contributed by atoms with van der Waals surface area (Å²) in [4.78, 5) is 55.1. The standard InChI is InChI=1S/C61H90N2O21/c1-27-14-17-42(80-47-25-59(10,63(72)73)54(35(9)79-47)62-58(71)75-13)28(2)19-37-20-36(26-64)31(5)24-61(37)56(69)48(57(70)84-61)55(68)60(11)39(27)16-15-38-49(60)29(3)18-30(4)51(38)82-46-23-43(50(67)32(6)76-46)81-44-22-41(66)53(34(8)78-44)83-45-21-40(65)52(74-12)33(7)77-45/h14-16,19-20,29-35,37-47,49-54,64-68H,17-18,21-26H2,1-13H3,(H,62,71)/b27-14+,28-19+,55-48+/t29-,30-,31+,32-,33-,34-,35+,37+,38-,39-,40+,41+,42-,43+,44+,45+,46+,47-,49+,50-,51?,52-,53-,54+,59?,60+,61-/m0/s1. The average molecular weight is 1190 g/mol. The van der Waals surface area contributed by atoms with Gasteiger partial charge in [0.25, 0.3) is 0 Å². The van der Waals surface area contributed by atoms with E-state index in [9.17, 15) is 45.2 Å². The number of ether oxygens (including phenoxy) is 11. The molecule has 9 aliphatic rings. The van der Waals surface area contributed by atoms with E-state index < -0.39 is 185 Å². The maximum Gasteiger partial charge on any atom is 0.407 e. The highest BCUT2D eigenvalue weighted by Gasteiger charge is 2.64. The number of allylic oxidation sites excluding steroid dienone is 3. The number of amides is 1. The van der Waals surface area contributed by atoms with E-state index in [2.05, 4.69) is 25.2 Å². The number of aliphatic hydroxyl groups excluding tert-OH is 5. The molecular formula is C61H90N2O21. The molecule has 0 aromatic carbocycles. The minimum atomic E-state index is -1.82. The van der Waals surface area contributed by atoms with Crippen LogP contribution in [-0.2, 0) is 61.7 Å². The van der Waals surface area contributed by atoms with Gasteiger partial charge in [0.2, 0.25) is 11.3 Å². The SMILES string of the molecule is COC(=O)N[C@@H]1[C@@H](C)O[C@@H](O[C@H]2C/C=C(\C)[C@@H]3C=C[C@@H]4C(O[C@@H]5C[C@@H](O[C@@H]6C[C@@H](O)[C@@H](O[C@@H]7C[C@@H](O)[C@@H](OC)[C@H](C)O7)[C@H](C)O6)[C@@H](O)[C@H](C)O5)[C@@H](C)C[C@H](C)[C@H]4[C@]3(C)/C(O)=C3\C(=O)O[C@]4(C[C@@H](C)C(CO)=C[C@H]4/C=C/2C)C3=O)CC1(C)[N+](=O)[O-]. The van der Waals surface area contributed by atoms with Gasteiger partial charge in [-0.2, -0.15) is 0 Å². The van der Waals surface area contributed by atoms with Crippen LogP contribution in [0.1, 0.15) is 121 Å². The van der Waals surface area contributed by atoms with Crippen LogP contribution in [0.3, 0.4) is 0 Å². The number of hydrogen-bond acceptors (Lipinski definition) is 21. The number of nitro groups is 1. The third-order valence-corrected chi connectivity index (χ3v) is 20.3. The fourth-order valence-corrected chi connectivity index (χ4v) is 15.8. The van der Waals surface area contributed by atoms with E-state index >= 15 is 4.79 Å². The molecule has 23 nitrogen and oxygen atoms in total. The van der Waals surface area contributed by atoms with Gasteiger partial charge in [0.05, 0.1) is 75.1 Å². The predicted molar refractivity (Wildman–Crippen MR) is 298 cm³/mol. The number of nitrogens with one attached hydrogen (secondary N) is 1. The van der Waals surface area contributed by atoms with Crippen molar-refractivity contribution >= 4 is 17.8 Å².